The highest BCUT2D eigenvalue weighted by molar-refractivity contribution is 7.36. The third-order valence-corrected chi connectivity index (χ3v) is 3.26. The predicted molar refractivity (Wildman–Crippen MR) is 66.0 cm³/mol. The number of ether oxygens (including phenoxy) is 1. The molecule has 0 spiro atoms. The van der Waals surface area contributed by atoms with Crippen molar-refractivity contribution in [3.05, 3.63) is 0 Å². The highest BCUT2D eigenvalue weighted by atomic mass is 35.5. The van der Waals surface area contributed by atoms with Crippen LogP contribution in [0.2, 0.25) is 0 Å². The number of hydrogen-bond donors (Lipinski definition) is 1. The van der Waals surface area contributed by atoms with E-state index in [0.29, 0.717) is 51.8 Å². The molecule has 0 aliphatic rings. The summed E-state index contributed by atoms with van der Waals surface area (Å²) < 4.78 is 23.8. The Morgan fingerprint density at radius 3 is 2.69 bits per heavy atom. The molecule has 0 aliphatic carbocycles. The molecule has 0 fully saturated rings. The van der Waals surface area contributed by atoms with Crippen LogP contribution in [0.4, 0.5) is 0 Å². The zero-order chi connectivity index (χ0) is 12.2. The molecule has 0 bridgehead atoms. The SMILES string of the molecule is CCOCCN(CCCl)[P+](=O)OCCCN. The molecule has 0 aromatic heterocycles. The first kappa shape index (κ1) is 16.2. The number of hydrogen-bond acceptors (Lipinski definition) is 4. The number of alkyl halides is 1. The first-order chi connectivity index (χ1) is 7.76. The minimum atomic E-state index is -1.81. The van der Waals surface area contributed by atoms with E-state index < -0.39 is 8.18 Å². The van der Waals surface area contributed by atoms with E-state index in [2.05, 4.69) is 0 Å². The van der Waals surface area contributed by atoms with E-state index in [1.807, 2.05) is 6.92 Å². The Kier molecular flexibility index (Phi) is 11.9. The van der Waals surface area contributed by atoms with Crippen molar-refractivity contribution in [1.82, 2.24) is 4.67 Å². The van der Waals surface area contributed by atoms with Gasteiger partial charge in [-0.15, -0.1) is 16.1 Å². The summed E-state index contributed by atoms with van der Waals surface area (Å²) in [6.07, 6.45) is 0.710. The highest BCUT2D eigenvalue weighted by Gasteiger charge is 2.28. The molecule has 2 N–H and O–H groups in total. The Balaban J connectivity index is 3.82. The Hall–Kier alpha value is 0.230. The fraction of sp³-hybridized carbons (Fsp3) is 1.00. The van der Waals surface area contributed by atoms with Crippen LogP contribution in [0, 0.1) is 0 Å². The lowest BCUT2D eigenvalue weighted by molar-refractivity contribution is 0.132. The van der Waals surface area contributed by atoms with Gasteiger partial charge in [-0.25, -0.2) is 0 Å². The van der Waals surface area contributed by atoms with Gasteiger partial charge in [0.25, 0.3) is 0 Å². The number of halogens is 1. The van der Waals surface area contributed by atoms with Gasteiger partial charge in [-0.2, -0.15) is 0 Å². The molecule has 96 valence electrons. The van der Waals surface area contributed by atoms with Crippen LogP contribution in [0.5, 0.6) is 0 Å². The minimum absolute atomic E-state index is 0.416. The van der Waals surface area contributed by atoms with Crippen LogP contribution in [0.3, 0.4) is 0 Å². The number of nitrogens with two attached hydrogens (primary N) is 1. The van der Waals surface area contributed by atoms with Gasteiger partial charge in [0.2, 0.25) is 0 Å². The highest BCUT2D eigenvalue weighted by Crippen LogP contribution is 2.27. The fourth-order valence-corrected chi connectivity index (χ4v) is 2.27. The Labute approximate surface area is 103 Å². The molecule has 0 saturated carbocycles. The second-order valence-electron chi connectivity index (χ2n) is 3.05. The third-order valence-electron chi connectivity index (χ3n) is 1.82. The van der Waals surface area contributed by atoms with Crippen molar-refractivity contribution < 1.29 is 13.8 Å². The maximum absolute atomic E-state index is 11.7. The van der Waals surface area contributed by atoms with Gasteiger partial charge >= 0.3 is 8.18 Å². The molecule has 1 unspecified atom stereocenters. The van der Waals surface area contributed by atoms with Crippen LogP contribution in [-0.4, -0.2) is 50.0 Å². The topological polar surface area (TPSA) is 64.8 Å². The molecule has 5 nitrogen and oxygen atoms in total. The van der Waals surface area contributed by atoms with Crippen molar-refractivity contribution in [3.8, 4) is 0 Å². The van der Waals surface area contributed by atoms with Crippen LogP contribution in [0.25, 0.3) is 0 Å². The lowest BCUT2D eigenvalue weighted by atomic mass is 10.5. The van der Waals surface area contributed by atoms with Crippen molar-refractivity contribution in [1.29, 1.82) is 0 Å². The summed E-state index contributed by atoms with van der Waals surface area (Å²) in [5.74, 6) is 0.424. The average Bonchev–Trinajstić information content (AvgIpc) is 2.28. The second-order valence-corrected chi connectivity index (χ2v) is 4.73. The average molecular weight is 272 g/mol. The quantitative estimate of drug-likeness (QED) is 0.351. The summed E-state index contributed by atoms with van der Waals surface area (Å²) in [5, 5.41) is 0. The van der Waals surface area contributed by atoms with E-state index >= 15 is 0 Å². The zero-order valence-electron chi connectivity index (χ0n) is 9.73. The zero-order valence-corrected chi connectivity index (χ0v) is 11.4. The van der Waals surface area contributed by atoms with Gasteiger partial charge in [-0.3, -0.25) is 0 Å². The molecular formula is C9H21ClN2O3P+. The lowest BCUT2D eigenvalue weighted by Gasteiger charge is -2.08. The molecule has 7 heteroatoms. The van der Waals surface area contributed by atoms with E-state index in [-0.39, 0.29) is 0 Å². The van der Waals surface area contributed by atoms with Crippen LogP contribution in [-0.2, 0) is 13.8 Å². The first-order valence-electron chi connectivity index (χ1n) is 5.45. The third kappa shape index (κ3) is 8.39. The van der Waals surface area contributed by atoms with Crippen LogP contribution in [0.15, 0.2) is 0 Å². The fourth-order valence-electron chi connectivity index (χ4n) is 0.995. The molecule has 16 heavy (non-hydrogen) atoms. The lowest BCUT2D eigenvalue weighted by Crippen LogP contribution is -2.23. The second kappa shape index (κ2) is 11.7. The van der Waals surface area contributed by atoms with Gasteiger partial charge in [-0.05, 0) is 24.5 Å². The van der Waals surface area contributed by atoms with Gasteiger partial charge in [0, 0.05) is 12.5 Å². The molecule has 0 heterocycles. The van der Waals surface area contributed by atoms with Crippen molar-refractivity contribution in [3.63, 3.8) is 0 Å². The summed E-state index contributed by atoms with van der Waals surface area (Å²) in [4.78, 5) is 0. The minimum Gasteiger partial charge on any atom is -0.380 e. The molecule has 0 saturated heterocycles. The number of rotatable bonds is 11. The maximum atomic E-state index is 11.7. The molecule has 1 atom stereocenters. The molecule has 0 aliphatic heterocycles. The standard InChI is InChI=1S/C9H21ClN2O3P/c1-2-14-9-7-12(6-4-10)16(13)15-8-3-5-11/h2-9,11H2,1H3/q+1. The molecule has 0 amide bonds. The molecule has 0 aromatic carbocycles. The monoisotopic (exact) mass is 271 g/mol. The summed E-state index contributed by atoms with van der Waals surface area (Å²) >= 11 is 5.63. The van der Waals surface area contributed by atoms with Gasteiger partial charge < -0.3 is 10.5 Å². The molecule has 0 radical (unpaired) electrons. The normalized spacial score (nSPS) is 12.1. The van der Waals surface area contributed by atoms with Crippen LogP contribution in [0.1, 0.15) is 13.3 Å². The first-order valence-corrected chi connectivity index (χ1v) is 7.11. The Morgan fingerprint density at radius 1 is 1.38 bits per heavy atom. The maximum Gasteiger partial charge on any atom is 0.615 e. The smallest absolute Gasteiger partial charge is 0.380 e. The largest absolute Gasteiger partial charge is 0.615 e. The Morgan fingerprint density at radius 2 is 2.12 bits per heavy atom. The predicted octanol–water partition coefficient (Wildman–Crippen LogP) is 1.59. The Bertz CT molecular complexity index is 186. The van der Waals surface area contributed by atoms with E-state index in [0.717, 1.165) is 0 Å². The van der Waals surface area contributed by atoms with Gasteiger partial charge in [-0.1, -0.05) is 4.67 Å². The van der Waals surface area contributed by atoms with Gasteiger partial charge in [0.05, 0.1) is 19.7 Å². The summed E-state index contributed by atoms with van der Waals surface area (Å²) in [7, 11) is -1.81. The van der Waals surface area contributed by atoms with E-state index in [1.54, 1.807) is 4.67 Å². The van der Waals surface area contributed by atoms with Crippen molar-refractivity contribution in [2.75, 3.05) is 45.3 Å². The summed E-state index contributed by atoms with van der Waals surface area (Å²) in [5.41, 5.74) is 5.32. The number of nitrogens with zero attached hydrogens (tertiary/aromatic N) is 1. The molecule has 0 rings (SSSR count). The molecular weight excluding hydrogens is 251 g/mol. The van der Waals surface area contributed by atoms with Crippen molar-refractivity contribution in [2.24, 2.45) is 5.73 Å². The van der Waals surface area contributed by atoms with Crippen molar-refractivity contribution >= 4 is 19.8 Å². The van der Waals surface area contributed by atoms with Gasteiger partial charge in [0.15, 0.2) is 0 Å². The summed E-state index contributed by atoms with van der Waals surface area (Å²) in [6, 6.07) is 0. The van der Waals surface area contributed by atoms with E-state index in [9.17, 15) is 4.57 Å². The molecule has 0 aromatic rings. The van der Waals surface area contributed by atoms with Crippen LogP contribution >= 0.6 is 19.8 Å². The van der Waals surface area contributed by atoms with Crippen LogP contribution < -0.4 is 5.73 Å². The van der Waals surface area contributed by atoms with Crippen molar-refractivity contribution in [2.45, 2.75) is 13.3 Å². The van der Waals surface area contributed by atoms with E-state index in [4.69, 9.17) is 26.6 Å². The van der Waals surface area contributed by atoms with E-state index in [1.165, 1.54) is 0 Å². The van der Waals surface area contributed by atoms with Gasteiger partial charge in [0.1, 0.15) is 6.61 Å². The summed E-state index contributed by atoms with van der Waals surface area (Å²) in [6.45, 7) is 5.17.